The predicted molar refractivity (Wildman–Crippen MR) is 46.0 cm³/mol. The molecule has 10 heavy (non-hydrogen) atoms. The lowest BCUT2D eigenvalue weighted by Gasteiger charge is -2.00. The van der Waals surface area contributed by atoms with Crippen molar-refractivity contribution in [1.29, 1.82) is 0 Å². The normalized spacial score (nSPS) is 9.80. The summed E-state index contributed by atoms with van der Waals surface area (Å²) in [6, 6.07) is 2.02. The number of alkyl halides is 1. The van der Waals surface area contributed by atoms with Gasteiger partial charge in [-0.3, -0.25) is 0 Å². The van der Waals surface area contributed by atoms with E-state index in [4.69, 9.17) is 5.73 Å². The maximum Gasteiger partial charge on any atom is 0.127 e. The van der Waals surface area contributed by atoms with Crippen LogP contribution in [-0.4, -0.2) is 4.98 Å². The Bertz CT molecular complexity index is 235. The van der Waals surface area contributed by atoms with Crippen LogP contribution < -0.4 is 5.73 Å². The molecule has 0 aromatic carbocycles. The fraction of sp³-hybridized carbons (Fsp3) is 0.286. The van der Waals surface area contributed by atoms with Crippen LogP contribution in [0.3, 0.4) is 0 Å². The van der Waals surface area contributed by atoms with Crippen molar-refractivity contribution in [2.24, 2.45) is 0 Å². The van der Waals surface area contributed by atoms with E-state index in [1.165, 1.54) is 0 Å². The summed E-state index contributed by atoms with van der Waals surface area (Å²) >= 11 is 3.32. The van der Waals surface area contributed by atoms with E-state index in [1.54, 1.807) is 6.20 Å². The fourth-order valence-electron chi connectivity index (χ4n) is 0.747. The highest BCUT2D eigenvalue weighted by Crippen LogP contribution is 2.12. The molecule has 0 fully saturated rings. The molecule has 2 nitrogen and oxygen atoms in total. The Morgan fingerprint density at radius 1 is 1.70 bits per heavy atom. The van der Waals surface area contributed by atoms with Gasteiger partial charge < -0.3 is 5.73 Å². The Labute approximate surface area is 68.6 Å². The molecule has 0 saturated heterocycles. The van der Waals surface area contributed by atoms with Gasteiger partial charge in [-0.05, 0) is 12.5 Å². The van der Waals surface area contributed by atoms with Crippen LogP contribution in [0, 0.1) is 6.92 Å². The number of aromatic nitrogens is 1. The van der Waals surface area contributed by atoms with Crippen molar-refractivity contribution in [3.05, 3.63) is 23.4 Å². The molecule has 54 valence electrons. The average Bonchev–Trinajstić information content (AvgIpc) is 1.94. The minimum absolute atomic E-state index is 0.613. The Balaban J connectivity index is 3.09. The van der Waals surface area contributed by atoms with E-state index in [9.17, 15) is 0 Å². The number of halogens is 1. The lowest BCUT2D eigenvalue weighted by Crippen LogP contribution is -1.95. The first kappa shape index (κ1) is 7.54. The van der Waals surface area contributed by atoms with E-state index >= 15 is 0 Å². The summed E-state index contributed by atoms with van der Waals surface area (Å²) in [7, 11) is 0. The minimum atomic E-state index is 0.613. The zero-order valence-corrected chi connectivity index (χ0v) is 7.35. The van der Waals surface area contributed by atoms with Crippen molar-refractivity contribution in [2.45, 2.75) is 12.3 Å². The van der Waals surface area contributed by atoms with Gasteiger partial charge in [0.25, 0.3) is 0 Å². The van der Waals surface area contributed by atoms with Crippen molar-refractivity contribution in [2.75, 3.05) is 5.73 Å². The molecule has 3 heteroatoms. The predicted octanol–water partition coefficient (Wildman–Crippen LogP) is 1.87. The quantitative estimate of drug-likeness (QED) is 0.704. The van der Waals surface area contributed by atoms with E-state index in [0.717, 1.165) is 16.5 Å². The van der Waals surface area contributed by atoms with Crippen LogP contribution in [0.25, 0.3) is 0 Å². The second kappa shape index (κ2) is 3.01. The van der Waals surface area contributed by atoms with Gasteiger partial charge >= 0.3 is 0 Å². The van der Waals surface area contributed by atoms with Crippen LogP contribution in [0.5, 0.6) is 0 Å². The summed E-state index contributed by atoms with van der Waals surface area (Å²) in [5.41, 5.74) is 7.76. The fourth-order valence-corrected chi connectivity index (χ4v) is 1.20. The number of hydrogen-bond acceptors (Lipinski definition) is 2. The van der Waals surface area contributed by atoms with Crippen LogP contribution in [-0.2, 0) is 5.33 Å². The van der Waals surface area contributed by atoms with Gasteiger partial charge in [0.1, 0.15) is 5.82 Å². The first-order chi connectivity index (χ1) is 4.74. The summed E-state index contributed by atoms with van der Waals surface area (Å²) in [5.74, 6) is 0.613. The maximum absolute atomic E-state index is 5.56. The molecule has 1 heterocycles. The zero-order valence-electron chi connectivity index (χ0n) is 5.76. The third-order valence-corrected chi connectivity index (χ3v) is 1.89. The lowest BCUT2D eigenvalue weighted by molar-refractivity contribution is 1.22. The molecule has 2 N–H and O–H groups in total. The number of anilines is 1. The summed E-state index contributed by atoms with van der Waals surface area (Å²) in [4.78, 5) is 4.00. The number of rotatable bonds is 1. The minimum Gasteiger partial charge on any atom is -0.383 e. The van der Waals surface area contributed by atoms with Crippen LogP contribution in [0.1, 0.15) is 11.1 Å². The van der Waals surface area contributed by atoms with Gasteiger partial charge in [-0.15, -0.1) is 0 Å². The molecule has 0 spiro atoms. The highest BCUT2D eigenvalue weighted by atomic mass is 79.9. The van der Waals surface area contributed by atoms with Gasteiger partial charge in [0, 0.05) is 17.1 Å². The monoisotopic (exact) mass is 200 g/mol. The summed E-state index contributed by atoms with van der Waals surface area (Å²) in [5, 5.41) is 0.771. The molecule has 1 rings (SSSR count). The Hall–Kier alpha value is -0.570. The number of nitrogen functional groups attached to an aromatic ring is 1. The van der Waals surface area contributed by atoms with Gasteiger partial charge in [0.2, 0.25) is 0 Å². The summed E-state index contributed by atoms with van der Waals surface area (Å²) in [6.07, 6.45) is 1.77. The Kier molecular flexibility index (Phi) is 2.27. The van der Waals surface area contributed by atoms with Crippen molar-refractivity contribution in [3.63, 3.8) is 0 Å². The number of hydrogen-bond donors (Lipinski definition) is 1. The Morgan fingerprint density at radius 2 is 2.40 bits per heavy atom. The van der Waals surface area contributed by atoms with E-state index in [2.05, 4.69) is 20.9 Å². The molecule has 0 aliphatic carbocycles. The molecule has 0 unspecified atom stereocenters. The SMILES string of the molecule is Cc1cnc(N)c(CBr)c1. The molecule has 0 bridgehead atoms. The van der Waals surface area contributed by atoms with Gasteiger partial charge in [-0.25, -0.2) is 4.98 Å². The second-order valence-electron chi connectivity index (χ2n) is 2.19. The van der Waals surface area contributed by atoms with E-state index in [-0.39, 0.29) is 0 Å². The molecule has 0 aliphatic heterocycles. The van der Waals surface area contributed by atoms with Crippen LogP contribution in [0.2, 0.25) is 0 Å². The first-order valence-corrected chi connectivity index (χ1v) is 4.13. The molecular formula is C7H9BrN2. The van der Waals surface area contributed by atoms with Crippen LogP contribution in [0.4, 0.5) is 5.82 Å². The zero-order chi connectivity index (χ0) is 7.56. The number of aryl methyl sites for hydroxylation is 1. The van der Waals surface area contributed by atoms with Gasteiger partial charge in [0.15, 0.2) is 0 Å². The van der Waals surface area contributed by atoms with E-state index in [0.29, 0.717) is 5.82 Å². The molecule has 0 radical (unpaired) electrons. The van der Waals surface area contributed by atoms with E-state index in [1.807, 2.05) is 13.0 Å². The molecule has 0 saturated carbocycles. The smallest absolute Gasteiger partial charge is 0.127 e. The maximum atomic E-state index is 5.56. The van der Waals surface area contributed by atoms with Crippen molar-refractivity contribution in [1.82, 2.24) is 4.98 Å². The van der Waals surface area contributed by atoms with Crippen molar-refractivity contribution in [3.8, 4) is 0 Å². The van der Waals surface area contributed by atoms with Gasteiger partial charge in [-0.1, -0.05) is 22.0 Å². The molecular weight excluding hydrogens is 192 g/mol. The third-order valence-electron chi connectivity index (χ3n) is 1.28. The lowest BCUT2D eigenvalue weighted by atomic mass is 10.2. The second-order valence-corrected chi connectivity index (χ2v) is 2.75. The number of nitrogens with zero attached hydrogens (tertiary/aromatic N) is 1. The molecule has 1 aromatic heterocycles. The number of nitrogens with two attached hydrogens (primary N) is 1. The van der Waals surface area contributed by atoms with Crippen LogP contribution >= 0.6 is 15.9 Å². The standard InChI is InChI=1S/C7H9BrN2/c1-5-2-6(3-8)7(9)10-4-5/h2,4H,3H2,1H3,(H2,9,10). The molecule has 1 aromatic rings. The molecule has 0 amide bonds. The average molecular weight is 201 g/mol. The highest BCUT2D eigenvalue weighted by molar-refractivity contribution is 9.08. The van der Waals surface area contributed by atoms with E-state index < -0.39 is 0 Å². The van der Waals surface area contributed by atoms with Crippen molar-refractivity contribution >= 4 is 21.7 Å². The molecule has 0 aliphatic rings. The first-order valence-electron chi connectivity index (χ1n) is 3.01. The largest absolute Gasteiger partial charge is 0.383 e. The van der Waals surface area contributed by atoms with Gasteiger partial charge in [-0.2, -0.15) is 0 Å². The molecule has 0 atom stereocenters. The van der Waals surface area contributed by atoms with Gasteiger partial charge in [0.05, 0.1) is 0 Å². The topological polar surface area (TPSA) is 38.9 Å². The number of pyridine rings is 1. The third kappa shape index (κ3) is 1.48. The Morgan fingerprint density at radius 3 is 2.90 bits per heavy atom. The highest BCUT2D eigenvalue weighted by Gasteiger charge is 1.96. The van der Waals surface area contributed by atoms with Crippen molar-refractivity contribution < 1.29 is 0 Å². The van der Waals surface area contributed by atoms with Crippen LogP contribution in [0.15, 0.2) is 12.3 Å². The summed E-state index contributed by atoms with van der Waals surface area (Å²) in [6.45, 7) is 2.00. The summed E-state index contributed by atoms with van der Waals surface area (Å²) < 4.78 is 0.